The fraction of sp³-hybridized carbons (Fsp3) is 0.211. The van der Waals surface area contributed by atoms with Crippen LogP contribution in [0.5, 0.6) is 0 Å². The number of rotatable bonds is 3. The maximum Gasteiger partial charge on any atom is 0.240 e. The number of nitrogens with zero attached hydrogens (tertiary/aromatic N) is 3. The van der Waals surface area contributed by atoms with Crippen LogP contribution >= 0.6 is 15.9 Å². The standard InChI is InChI=1S/C19H19BrN4O2S/c20-15-6-7-16-14(13-15)5-8-19(22-16)24-11-9-23(10-12-24)17-3-1-2-4-18(17)27(21,25)26/h1-8,13H,9-12H2,(H2,21,25,26). The van der Waals surface area contributed by atoms with Crippen molar-refractivity contribution in [1.82, 2.24) is 4.98 Å². The first-order chi connectivity index (χ1) is 12.9. The second-order valence-corrected chi connectivity index (χ2v) is 8.94. The molecule has 1 aromatic heterocycles. The molecule has 2 aromatic carbocycles. The molecule has 2 heterocycles. The van der Waals surface area contributed by atoms with Crippen LogP contribution in [0.15, 0.2) is 64.0 Å². The Labute approximate surface area is 166 Å². The van der Waals surface area contributed by atoms with Crippen LogP contribution in [0.2, 0.25) is 0 Å². The van der Waals surface area contributed by atoms with Gasteiger partial charge in [0.05, 0.1) is 11.2 Å². The van der Waals surface area contributed by atoms with E-state index >= 15 is 0 Å². The van der Waals surface area contributed by atoms with E-state index in [1.54, 1.807) is 12.1 Å². The molecule has 1 fully saturated rings. The third-order valence-electron chi connectivity index (χ3n) is 4.75. The minimum absolute atomic E-state index is 0.174. The largest absolute Gasteiger partial charge is 0.367 e. The molecule has 1 aliphatic heterocycles. The van der Waals surface area contributed by atoms with Crippen molar-refractivity contribution < 1.29 is 8.42 Å². The van der Waals surface area contributed by atoms with Gasteiger partial charge in [-0.3, -0.25) is 0 Å². The van der Waals surface area contributed by atoms with E-state index in [-0.39, 0.29) is 4.90 Å². The SMILES string of the molecule is NS(=O)(=O)c1ccccc1N1CCN(c2ccc3cc(Br)ccc3n2)CC1. The van der Waals surface area contributed by atoms with E-state index < -0.39 is 10.0 Å². The van der Waals surface area contributed by atoms with Gasteiger partial charge in [-0.1, -0.05) is 28.1 Å². The summed E-state index contributed by atoms with van der Waals surface area (Å²) in [7, 11) is -3.75. The summed E-state index contributed by atoms with van der Waals surface area (Å²) in [4.78, 5) is 9.22. The molecule has 0 atom stereocenters. The first kappa shape index (κ1) is 18.2. The Morgan fingerprint density at radius 3 is 2.37 bits per heavy atom. The Kier molecular flexibility index (Phi) is 4.79. The van der Waals surface area contributed by atoms with Crippen molar-refractivity contribution in [3.05, 3.63) is 59.1 Å². The lowest BCUT2D eigenvalue weighted by molar-refractivity contribution is 0.595. The first-order valence-electron chi connectivity index (χ1n) is 8.60. The van der Waals surface area contributed by atoms with Crippen LogP contribution in [-0.2, 0) is 10.0 Å². The smallest absolute Gasteiger partial charge is 0.240 e. The lowest BCUT2D eigenvalue weighted by Gasteiger charge is -2.37. The van der Waals surface area contributed by atoms with Gasteiger partial charge in [0.25, 0.3) is 0 Å². The van der Waals surface area contributed by atoms with E-state index in [4.69, 9.17) is 10.1 Å². The number of nitrogens with two attached hydrogens (primary N) is 1. The summed E-state index contributed by atoms with van der Waals surface area (Å²) in [5.74, 6) is 0.934. The number of fused-ring (bicyclic) bond motifs is 1. The summed E-state index contributed by atoms with van der Waals surface area (Å²) in [6, 6.07) is 17.0. The Morgan fingerprint density at radius 2 is 1.63 bits per heavy atom. The second-order valence-electron chi connectivity index (χ2n) is 6.49. The Balaban J connectivity index is 1.54. The second kappa shape index (κ2) is 7.10. The highest BCUT2D eigenvalue weighted by molar-refractivity contribution is 9.10. The van der Waals surface area contributed by atoms with Gasteiger partial charge >= 0.3 is 0 Å². The van der Waals surface area contributed by atoms with Crippen LogP contribution in [0, 0.1) is 0 Å². The maximum atomic E-state index is 11.9. The molecule has 27 heavy (non-hydrogen) atoms. The average Bonchev–Trinajstić information content (AvgIpc) is 2.67. The first-order valence-corrected chi connectivity index (χ1v) is 10.9. The molecule has 6 nitrogen and oxygen atoms in total. The van der Waals surface area contributed by atoms with Crippen LogP contribution in [0.3, 0.4) is 0 Å². The van der Waals surface area contributed by atoms with Gasteiger partial charge in [0, 0.05) is 36.0 Å². The molecule has 140 valence electrons. The predicted octanol–water partition coefficient (Wildman–Crippen LogP) is 2.97. The van der Waals surface area contributed by atoms with Crippen LogP contribution < -0.4 is 14.9 Å². The van der Waals surface area contributed by atoms with E-state index in [0.29, 0.717) is 18.8 Å². The van der Waals surface area contributed by atoms with E-state index in [0.717, 1.165) is 34.3 Å². The number of hydrogen-bond acceptors (Lipinski definition) is 5. The molecule has 0 unspecified atom stereocenters. The zero-order valence-corrected chi connectivity index (χ0v) is 16.9. The van der Waals surface area contributed by atoms with Gasteiger partial charge in [0.15, 0.2) is 0 Å². The van der Waals surface area contributed by atoms with Gasteiger partial charge in [-0.25, -0.2) is 18.5 Å². The highest BCUT2D eigenvalue weighted by atomic mass is 79.9. The quantitative estimate of drug-likeness (QED) is 0.668. The van der Waals surface area contributed by atoms with Gasteiger partial charge in [-0.15, -0.1) is 0 Å². The summed E-state index contributed by atoms with van der Waals surface area (Å²) in [6.45, 7) is 2.92. The molecular formula is C19H19BrN4O2S. The highest BCUT2D eigenvalue weighted by Crippen LogP contribution is 2.27. The average molecular weight is 447 g/mol. The normalized spacial score (nSPS) is 15.3. The van der Waals surface area contributed by atoms with Crippen molar-refractivity contribution in [2.75, 3.05) is 36.0 Å². The zero-order chi connectivity index (χ0) is 19.0. The molecule has 1 aliphatic rings. The highest BCUT2D eigenvalue weighted by Gasteiger charge is 2.23. The number of benzene rings is 2. The number of halogens is 1. The number of anilines is 2. The molecule has 3 aromatic rings. The van der Waals surface area contributed by atoms with E-state index in [2.05, 4.69) is 31.8 Å². The Morgan fingerprint density at radius 1 is 0.926 bits per heavy atom. The predicted molar refractivity (Wildman–Crippen MR) is 112 cm³/mol. The van der Waals surface area contributed by atoms with Crippen molar-refractivity contribution in [3.63, 3.8) is 0 Å². The van der Waals surface area contributed by atoms with Crippen molar-refractivity contribution in [1.29, 1.82) is 0 Å². The molecule has 0 aliphatic carbocycles. The van der Waals surface area contributed by atoms with E-state index in [1.807, 2.05) is 36.4 Å². The minimum Gasteiger partial charge on any atom is -0.367 e. The molecule has 4 rings (SSSR count). The lowest BCUT2D eigenvalue weighted by atomic mass is 10.2. The molecule has 0 radical (unpaired) electrons. The molecular weight excluding hydrogens is 428 g/mol. The third-order valence-corrected chi connectivity index (χ3v) is 6.20. The van der Waals surface area contributed by atoms with Gasteiger partial charge in [0.1, 0.15) is 10.7 Å². The number of primary sulfonamides is 1. The maximum absolute atomic E-state index is 11.9. The molecule has 0 bridgehead atoms. The molecule has 2 N–H and O–H groups in total. The van der Waals surface area contributed by atoms with E-state index in [9.17, 15) is 8.42 Å². The fourth-order valence-electron chi connectivity index (χ4n) is 3.40. The monoisotopic (exact) mass is 446 g/mol. The summed E-state index contributed by atoms with van der Waals surface area (Å²) < 4.78 is 24.7. The number of sulfonamides is 1. The summed E-state index contributed by atoms with van der Waals surface area (Å²) in [5.41, 5.74) is 1.62. The van der Waals surface area contributed by atoms with Crippen LogP contribution in [0.1, 0.15) is 0 Å². The van der Waals surface area contributed by atoms with Gasteiger partial charge < -0.3 is 9.80 Å². The Hall–Kier alpha value is -2.16. The number of pyridine rings is 1. The zero-order valence-electron chi connectivity index (χ0n) is 14.5. The Bertz CT molecular complexity index is 1100. The summed E-state index contributed by atoms with van der Waals surface area (Å²) in [5, 5.41) is 6.46. The number of para-hydroxylation sites is 1. The van der Waals surface area contributed by atoms with Gasteiger partial charge in [0.2, 0.25) is 10.0 Å². The summed E-state index contributed by atoms with van der Waals surface area (Å²) >= 11 is 3.48. The van der Waals surface area contributed by atoms with Crippen molar-refractivity contribution in [3.8, 4) is 0 Å². The fourth-order valence-corrected chi connectivity index (χ4v) is 4.53. The molecule has 0 spiro atoms. The number of hydrogen-bond donors (Lipinski definition) is 1. The molecule has 0 saturated carbocycles. The number of aromatic nitrogens is 1. The van der Waals surface area contributed by atoms with Crippen molar-refractivity contribution >= 4 is 48.4 Å². The minimum atomic E-state index is -3.75. The van der Waals surface area contributed by atoms with Gasteiger partial charge in [-0.05, 0) is 42.5 Å². The van der Waals surface area contributed by atoms with Gasteiger partial charge in [-0.2, -0.15) is 0 Å². The van der Waals surface area contributed by atoms with Crippen molar-refractivity contribution in [2.45, 2.75) is 4.90 Å². The van der Waals surface area contributed by atoms with Crippen LogP contribution in [0.4, 0.5) is 11.5 Å². The van der Waals surface area contributed by atoms with Crippen LogP contribution in [-0.4, -0.2) is 39.6 Å². The molecule has 1 saturated heterocycles. The van der Waals surface area contributed by atoms with Crippen LogP contribution in [0.25, 0.3) is 10.9 Å². The molecule has 8 heteroatoms. The number of piperazine rings is 1. The lowest BCUT2D eigenvalue weighted by Crippen LogP contribution is -2.47. The summed E-state index contributed by atoms with van der Waals surface area (Å²) in [6.07, 6.45) is 0. The third kappa shape index (κ3) is 3.78. The topological polar surface area (TPSA) is 79.5 Å². The van der Waals surface area contributed by atoms with E-state index in [1.165, 1.54) is 0 Å². The van der Waals surface area contributed by atoms with Crippen molar-refractivity contribution in [2.24, 2.45) is 5.14 Å². The molecule has 0 amide bonds.